The molecule has 0 aliphatic carbocycles. The molecule has 0 saturated heterocycles. The lowest BCUT2D eigenvalue weighted by Crippen LogP contribution is -2.01. The maximum Gasteiger partial charge on any atom is 0.193 e. The van der Waals surface area contributed by atoms with Gasteiger partial charge in [0.1, 0.15) is 11.3 Å². The standard InChI is InChI=1S/C20H14O2/c1-13-5-4-7-15(11-13)19-12-17(21)20-16-8-3-2-6-14(16)9-10-18(20)22-19/h2-12H,1H3. The van der Waals surface area contributed by atoms with Crippen LogP contribution in [0.3, 0.4) is 0 Å². The van der Waals surface area contributed by atoms with Gasteiger partial charge in [0.05, 0.1) is 5.39 Å². The van der Waals surface area contributed by atoms with Crippen LogP contribution in [0.4, 0.5) is 0 Å². The highest BCUT2D eigenvalue weighted by atomic mass is 16.3. The quantitative estimate of drug-likeness (QED) is 0.465. The second-order valence-corrected chi connectivity index (χ2v) is 5.50. The minimum Gasteiger partial charge on any atom is -0.456 e. The van der Waals surface area contributed by atoms with E-state index in [1.54, 1.807) is 6.07 Å². The van der Waals surface area contributed by atoms with Crippen molar-refractivity contribution in [3.05, 3.63) is 82.5 Å². The summed E-state index contributed by atoms with van der Waals surface area (Å²) < 4.78 is 5.99. The summed E-state index contributed by atoms with van der Waals surface area (Å²) in [6.45, 7) is 2.02. The fourth-order valence-corrected chi connectivity index (χ4v) is 2.87. The van der Waals surface area contributed by atoms with E-state index in [9.17, 15) is 4.79 Å². The number of fused-ring (bicyclic) bond motifs is 3. The molecular weight excluding hydrogens is 272 g/mol. The van der Waals surface area contributed by atoms with Crippen LogP contribution < -0.4 is 5.43 Å². The largest absolute Gasteiger partial charge is 0.456 e. The molecule has 4 aromatic rings. The van der Waals surface area contributed by atoms with Crippen molar-refractivity contribution in [2.75, 3.05) is 0 Å². The van der Waals surface area contributed by atoms with E-state index in [-0.39, 0.29) is 5.43 Å². The van der Waals surface area contributed by atoms with Gasteiger partial charge in [0.25, 0.3) is 0 Å². The molecule has 0 spiro atoms. The van der Waals surface area contributed by atoms with Crippen LogP contribution in [0, 0.1) is 6.92 Å². The molecule has 2 heteroatoms. The zero-order valence-electron chi connectivity index (χ0n) is 12.2. The molecule has 106 valence electrons. The molecule has 0 amide bonds. The minimum atomic E-state index is -0.00504. The highest BCUT2D eigenvalue weighted by molar-refractivity contribution is 6.05. The first kappa shape index (κ1) is 12.8. The van der Waals surface area contributed by atoms with Crippen LogP contribution in [-0.2, 0) is 0 Å². The molecule has 0 fully saturated rings. The van der Waals surface area contributed by atoms with E-state index >= 15 is 0 Å². The molecule has 0 atom stereocenters. The van der Waals surface area contributed by atoms with E-state index in [0.717, 1.165) is 21.9 Å². The topological polar surface area (TPSA) is 30.2 Å². The fraction of sp³-hybridized carbons (Fsp3) is 0.0500. The molecule has 0 saturated carbocycles. The zero-order valence-corrected chi connectivity index (χ0v) is 12.2. The Kier molecular flexibility index (Phi) is 2.83. The summed E-state index contributed by atoms with van der Waals surface area (Å²) in [6.07, 6.45) is 0. The molecule has 0 aliphatic heterocycles. The Labute approximate surface area is 127 Å². The number of benzene rings is 3. The van der Waals surface area contributed by atoms with Crippen molar-refractivity contribution in [3.63, 3.8) is 0 Å². The summed E-state index contributed by atoms with van der Waals surface area (Å²) in [5.74, 6) is 0.608. The maximum atomic E-state index is 12.6. The third-order valence-corrected chi connectivity index (χ3v) is 3.92. The van der Waals surface area contributed by atoms with Crippen molar-refractivity contribution in [2.24, 2.45) is 0 Å². The molecule has 1 heterocycles. The summed E-state index contributed by atoms with van der Waals surface area (Å²) in [5.41, 5.74) is 2.68. The Morgan fingerprint density at radius 1 is 0.864 bits per heavy atom. The summed E-state index contributed by atoms with van der Waals surface area (Å²) in [7, 11) is 0. The third-order valence-electron chi connectivity index (χ3n) is 3.92. The second-order valence-electron chi connectivity index (χ2n) is 5.50. The smallest absolute Gasteiger partial charge is 0.193 e. The molecule has 0 N–H and O–H groups in total. The Hall–Kier alpha value is -2.87. The Balaban J connectivity index is 2.06. The number of hydrogen-bond donors (Lipinski definition) is 0. The number of aryl methyl sites for hydroxylation is 1. The van der Waals surface area contributed by atoms with Gasteiger partial charge >= 0.3 is 0 Å². The van der Waals surface area contributed by atoms with Crippen LogP contribution in [0.15, 0.2) is 75.9 Å². The van der Waals surface area contributed by atoms with Crippen molar-refractivity contribution in [1.82, 2.24) is 0 Å². The molecule has 1 aromatic heterocycles. The summed E-state index contributed by atoms with van der Waals surface area (Å²) in [4.78, 5) is 12.6. The first-order chi connectivity index (χ1) is 10.7. The van der Waals surface area contributed by atoms with E-state index in [2.05, 4.69) is 0 Å². The van der Waals surface area contributed by atoms with Crippen molar-refractivity contribution in [1.29, 1.82) is 0 Å². The zero-order chi connectivity index (χ0) is 15.1. The van der Waals surface area contributed by atoms with Gasteiger partial charge in [-0.1, -0.05) is 54.1 Å². The van der Waals surface area contributed by atoms with Gasteiger partial charge in [0.15, 0.2) is 5.43 Å². The van der Waals surface area contributed by atoms with Gasteiger partial charge < -0.3 is 4.42 Å². The molecule has 0 aliphatic rings. The van der Waals surface area contributed by atoms with Gasteiger partial charge in [-0.15, -0.1) is 0 Å². The Bertz CT molecular complexity index is 1060. The molecule has 0 unspecified atom stereocenters. The number of hydrogen-bond acceptors (Lipinski definition) is 2. The Morgan fingerprint density at radius 2 is 1.73 bits per heavy atom. The molecule has 3 aromatic carbocycles. The summed E-state index contributed by atoms with van der Waals surface area (Å²) >= 11 is 0. The first-order valence-corrected chi connectivity index (χ1v) is 7.25. The van der Waals surface area contributed by atoms with Crippen molar-refractivity contribution >= 4 is 21.7 Å². The van der Waals surface area contributed by atoms with E-state index in [1.807, 2.05) is 67.6 Å². The van der Waals surface area contributed by atoms with Crippen LogP contribution >= 0.6 is 0 Å². The maximum absolute atomic E-state index is 12.6. The van der Waals surface area contributed by atoms with Gasteiger partial charge in [-0.05, 0) is 29.8 Å². The van der Waals surface area contributed by atoms with Crippen LogP contribution in [0.2, 0.25) is 0 Å². The van der Waals surface area contributed by atoms with Crippen LogP contribution in [0.25, 0.3) is 33.1 Å². The van der Waals surface area contributed by atoms with Gasteiger partial charge in [-0.2, -0.15) is 0 Å². The highest BCUT2D eigenvalue weighted by Crippen LogP contribution is 2.27. The lowest BCUT2D eigenvalue weighted by atomic mass is 10.0. The van der Waals surface area contributed by atoms with E-state index in [1.165, 1.54) is 0 Å². The van der Waals surface area contributed by atoms with Crippen molar-refractivity contribution < 1.29 is 4.42 Å². The van der Waals surface area contributed by atoms with Crippen LogP contribution in [-0.4, -0.2) is 0 Å². The minimum absolute atomic E-state index is 0.00504. The molecule has 0 bridgehead atoms. The normalized spacial score (nSPS) is 11.1. The molecule has 2 nitrogen and oxygen atoms in total. The predicted octanol–water partition coefficient (Wildman–Crippen LogP) is 4.92. The third kappa shape index (κ3) is 2.01. The monoisotopic (exact) mass is 286 g/mol. The summed E-state index contributed by atoms with van der Waals surface area (Å²) in [6, 6.07) is 21.3. The van der Waals surface area contributed by atoms with E-state index < -0.39 is 0 Å². The van der Waals surface area contributed by atoms with E-state index in [4.69, 9.17) is 4.42 Å². The Morgan fingerprint density at radius 3 is 2.59 bits per heavy atom. The fourth-order valence-electron chi connectivity index (χ4n) is 2.87. The lowest BCUT2D eigenvalue weighted by molar-refractivity contribution is 0.619. The van der Waals surface area contributed by atoms with Gasteiger partial charge in [-0.3, -0.25) is 4.79 Å². The van der Waals surface area contributed by atoms with Crippen molar-refractivity contribution in [2.45, 2.75) is 6.92 Å². The van der Waals surface area contributed by atoms with Crippen LogP contribution in [0.5, 0.6) is 0 Å². The molecular formula is C20H14O2. The van der Waals surface area contributed by atoms with Crippen molar-refractivity contribution in [3.8, 4) is 11.3 Å². The van der Waals surface area contributed by atoms with E-state index in [0.29, 0.717) is 16.7 Å². The average molecular weight is 286 g/mol. The predicted molar refractivity (Wildman–Crippen MR) is 90.2 cm³/mol. The molecule has 4 rings (SSSR count). The number of rotatable bonds is 1. The summed E-state index contributed by atoms with van der Waals surface area (Å²) in [5, 5.41) is 2.63. The SMILES string of the molecule is Cc1cccc(-c2cc(=O)c3c(ccc4ccccc43)o2)c1. The van der Waals surface area contributed by atoms with Gasteiger partial charge in [-0.25, -0.2) is 0 Å². The van der Waals surface area contributed by atoms with Crippen LogP contribution in [0.1, 0.15) is 5.56 Å². The van der Waals surface area contributed by atoms with Gasteiger partial charge in [0.2, 0.25) is 0 Å². The lowest BCUT2D eigenvalue weighted by Gasteiger charge is -2.06. The molecule has 22 heavy (non-hydrogen) atoms. The first-order valence-electron chi connectivity index (χ1n) is 7.25. The second kappa shape index (κ2) is 4.85. The molecule has 0 radical (unpaired) electrons. The van der Waals surface area contributed by atoms with Gasteiger partial charge in [0, 0.05) is 11.6 Å². The highest BCUT2D eigenvalue weighted by Gasteiger charge is 2.09. The average Bonchev–Trinajstić information content (AvgIpc) is 2.54.